The van der Waals surface area contributed by atoms with Crippen molar-refractivity contribution >= 4 is 32.9 Å². The number of fused-ring (bicyclic) bond motifs is 1. The van der Waals surface area contributed by atoms with E-state index in [1.54, 1.807) is 17.0 Å². The summed E-state index contributed by atoms with van der Waals surface area (Å²) in [5.74, 6) is -1.49. The summed E-state index contributed by atoms with van der Waals surface area (Å²) in [7, 11) is -3.72. The number of hydrogen-bond donors (Lipinski definition) is 1. The molecule has 2 aromatic rings. The van der Waals surface area contributed by atoms with Crippen LogP contribution in [0.4, 0.5) is 0 Å². The molecular weight excluding hydrogens is 376 g/mol. The first kappa shape index (κ1) is 19.3. The molecule has 1 saturated heterocycles. The van der Waals surface area contributed by atoms with Gasteiger partial charge in [-0.3, -0.25) is 9.59 Å². The Kier molecular flexibility index (Phi) is 5.49. The highest BCUT2D eigenvalue weighted by molar-refractivity contribution is 7.88. The van der Waals surface area contributed by atoms with E-state index in [9.17, 15) is 18.0 Å². The lowest BCUT2D eigenvalue weighted by Crippen LogP contribution is -2.51. The third-order valence-electron chi connectivity index (χ3n) is 4.33. The summed E-state index contributed by atoms with van der Waals surface area (Å²) in [6.45, 7) is -0.0481. The second-order valence-corrected chi connectivity index (χ2v) is 8.32. The van der Waals surface area contributed by atoms with Gasteiger partial charge >= 0.3 is 5.97 Å². The van der Waals surface area contributed by atoms with E-state index in [-0.39, 0.29) is 25.6 Å². The summed E-state index contributed by atoms with van der Waals surface area (Å²) < 4.78 is 35.4. The number of amides is 1. The van der Waals surface area contributed by atoms with Crippen LogP contribution in [0.3, 0.4) is 0 Å². The highest BCUT2D eigenvalue weighted by Crippen LogP contribution is 2.23. The first-order chi connectivity index (χ1) is 12.8. The number of carbonyl (C=O) groups is 2. The molecule has 27 heavy (non-hydrogen) atoms. The molecule has 1 fully saturated rings. The second kappa shape index (κ2) is 7.67. The van der Waals surface area contributed by atoms with Crippen molar-refractivity contribution < 1.29 is 32.3 Å². The minimum atomic E-state index is -3.72. The molecule has 1 aliphatic heterocycles. The number of sulfonamides is 1. The number of nitrogens with zero attached hydrogens (tertiary/aromatic N) is 2. The Morgan fingerprint density at radius 3 is 2.78 bits per heavy atom. The number of carboxylic acids is 1. The molecule has 1 atom stereocenters. The average molecular weight is 396 g/mol. The van der Waals surface area contributed by atoms with Gasteiger partial charge < -0.3 is 19.2 Å². The Labute approximate surface area is 156 Å². The van der Waals surface area contributed by atoms with Gasteiger partial charge in [0.25, 0.3) is 5.91 Å². The highest BCUT2D eigenvalue weighted by atomic mass is 32.2. The molecule has 3 rings (SSSR count). The van der Waals surface area contributed by atoms with Crippen molar-refractivity contribution in [3.8, 4) is 0 Å². The normalized spacial score (nSPS) is 18.1. The fraction of sp³-hybridized carbons (Fsp3) is 0.412. The molecule has 1 amide bonds. The van der Waals surface area contributed by atoms with Gasteiger partial charge in [-0.05, 0) is 6.07 Å². The lowest BCUT2D eigenvalue weighted by molar-refractivity contribution is -0.137. The van der Waals surface area contributed by atoms with Crippen LogP contribution in [0.5, 0.6) is 0 Å². The molecule has 0 aliphatic carbocycles. The van der Waals surface area contributed by atoms with Crippen LogP contribution >= 0.6 is 0 Å². The van der Waals surface area contributed by atoms with Gasteiger partial charge in [0.1, 0.15) is 18.4 Å². The predicted octanol–water partition coefficient (Wildman–Crippen LogP) is 0.620. The molecule has 0 spiro atoms. The summed E-state index contributed by atoms with van der Waals surface area (Å²) in [5, 5.41) is 9.62. The van der Waals surface area contributed by atoms with E-state index in [0.717, 1.165) is 10.6 Å². The first-order valence-corrected chi connectivity index (χ1v) is 10.1. The third kappa shape index (κ3) is 4.46. The zero-order valence-electron chi connectivity index (χ0n) is 14.7. The molecule has 1 aliphatic rings. The largest absolute Gasteiger partial charge is 0.480 e. The highest BCUT2D eigenvalue weighted by Gasteiger charge is 2.31. The molecule has 1 N–H and O–H groups in total. The Hall–Kier alpha value is -2.43. The number of morpholine rings is 1. The van der Waals surface area contributed by atoms with E-state index in [2.05, 4.69) is 0 Å². The van der Waals surface area contributed by atoms with Crippen LogP contribution in [0, 0.1) is 0 Å². The molecule has 0 bridgehead atoms. The van der Waals surface area contributed by atoms with Crippen molar-refractivity contribution in [2.75, 3.05) is 39.0 Å². The van der Waals surface area contributed by atoms with Crippen molar-refractivity contribution in [1.82, 2.24) is 9.21 Å². The SMILES string of the molecule is CS(=O)(=O)N(CC(=O)O)C[C@@H]1CN(C(=O)c2coc3ccccc23)CCO1. The van der Waals surface area contributed by atoms with Gasteiger partial charge in [-0.15, -0.1) is 0 Å². The maximum Gasteiger partial charge on any atom is 0.318 e. The standard InChI is InChI=1S/C17H20N2O7S/c1-27(23,24)19(10-16(20)21)9-12-8-18(6-7-25-12)17(22)14-11-26-15-5-3-2-4-13(14)15/h2-5,11-12H,6-10H2,1H3,(H,20,21)/t12-/m0/s1. The Morgan fingerprint density at radius 2 is 2.07 bits per heavy atom. The number of carbonyl (C=O) groups excluding carboxylic acids is 1. The van der Waals surface area contributed by atoms with Crippen molar-refractivity contribution in [3.63, 3.8) is 0 Å². The molecule has 0 radical (unpaired) electrons. The monoisotopic (exact) mass is 396 g/mol. The van der Waals surface area contributed by atoms with E-state index in [4.69, 9.17) is 14.3 Å². The average Bonchev–Trinajstić information content (AvgIpc) is 3.04. The fourth-order valence-corrected chi connectivity index (χ4v) is 3.81. The lowest BCUT2D eigenvalue weighted by Gasteiger charge is -2.34. The second-order valence-electron chi connectivity index (χ2n) is 6.34. The summed E-state index contributed by atoms with van der Waals surface area (Å²) in [6, 6.07) is 7.19. The van der Waals surface area contributed by atoms with Crippen LogP contribution in [0.2, 0.25) is 0 Å². The minimum absolute atomic E-state index is 0.138. The van der Waals surface area contributed by atoms with Gasteiger partial charge in [0, 0.05) is 25.0 Å². The molecule has 0 saturated carbocycles. The fourth-order valence-electron chi connectivity index (χ4n) is 3.02. The van der Waals surface area contributed by atoms with Crippen molar-refractivity contribution in [2.24, 2.45) is 0 Å². The number of rotatable bonds is 6. The topological polar surface area (TPSA) is 117 Å². The van der Waals surface area contributed by atoms with Gasteiger partial charge in [0.2, 0.25) is 10.0 Å². The molecule has 9 nitrogen and oxygen atoms in total. The Morgan fingerprint density at radius 1 is 1.33 bits per heavy atom. The van der Waals surface area contributed by atoms with Crippen LogP contribution in [0.15, 0.2) is 34.9 Å². The van der Waals surface area contributed by atoms with Crippen LogP contribution in [0.1, 0.15) is 10.4 Å². The number of furan rings is 1. The number of aliphatic carboxylic acids is 1. The first-order valence-electron chi connectivity index (χ1n) is 8.29. The van der Waals surface area contributed by atoms with Crippen molar-refractivity contribution in [1.29, 1.82) is 0 Å². The molecule has 1 aromatic heterocycles. The zero-order valence-corrected chi connectivity index (χ0v) is 15.5. The van der Waals surface area contributed by atoms with Gasteiger partial charge in [0.05, 0.1) is 24.5 Å². The Balaban J connectivity index is 1.73. The number of carboxylic acid groups (broad SMARTS) is 1. The van der Waals surface area contributed by atoms with Crippen LogP contribution < -0.4 is 0 Å². The molecule has 2 heterocycles. The summed E-state index contributed by atoms with van der Waals surface area (Å²) >= 11 is 0. The lowest BCUT2D eigenvalue weighted by atomic mass is 10.1. The summed E-state index contributed by atoms with van der Waals surface area (Å²) in [6.07, 6.45) is 1.74. The van der Waals surface area contributed by atoms with Crippen molar-refractivity contribution in [2.45, 2.75) is 6.10 Å². The van der Waals surface area contributed by atoms with E-state index in [1.807, 2.05) is 12.1 Å². The Bertz CT molecular complexity index is 953. The predicted molar refractivity (Wildman–Crippen MR) is 95.9 cm³/mol. The molecular formula is C17H20N2O7S. The number of hydrogen-bond acceptors (Lipinski definition) is 6. The molecule has 0 unspecified atom stereocenters. The summed E-state index contributed by atoms with van der Waals surface area (Å²) in [5.41, 5.74) is 1.03. The van der Waals surface area contributed by atoms with E-state index in [1.165, 1.54) is 6.26 Å². The van der Waals surface area contributed by atoms with Crippen molar-refractivity contribution in [3.05, 3.63) is 36.1 Å². The van der Waals surface area contributed by atoms with Gasteiger partial charge in [-0.1, -0.05) is 18.2 Å². The van der Waals surface area contributed by atoms with E-state index < -0.39 is 28.6 Å². The third-order valence-corrected chi connectivity index (χ3v) is 5.54. The van der Waals surface area contributed by atoms with Crippen LogP contribution in [-0.4, -0.2) is 79.8 Å². The van der Waals surface area contributed by atoms with Gasteiger partial charge in [-0.2, -0.15) is 4.31 Å². The number of benzene rings is 1. The summed E-state index contributed by atoms with van der Waals surface area (Å²) in [4.78, 5) is 25.4. The zero-order chi connectivity index (χ0) is 19.6. The molecule has 10 heteroatoms. The number of para-hydroxylation sites is 1. The van der Waals surface area contributed by atoms with E-state index >= 15 is 0 Å². The minimum Gasteiger partial charge on any atom is -0.480 e. The molecule has 1 aromatic carbocycles. The van der Waals surface area contributed by atoms with Gasteiger partial charge in [0.15, 0.2) is 0 Å². The van der Waals surface area contributed by atoms with Gasteiger partial charge in [-0.25, -0.2) is 8.42 Å². The maximum absolute atomic E-state index is 12.9. The maximum atomic E-state index is 12.9. The number of ether oxygens (including phenoxy) is 1. The van der Waals surface area contributed by atoms with Crippen LogP contribution in [0.25, 0.3) is 11.0 Å². The smallest absolute Gasteiger partial charge is 0.318 e. The quantitative estimate of drug-likeness (QED) is 0.760. The van der Waals surface area contributed by atoms with Crippen LogP contribution in [-0.2, 0) is 19.6 Å². The molecule has 146 valence electrons. The van der Waals surface area contributed by atoms with E-state index in [0.29, 0.717) is 23.1 Å².